The third kappa shape index (κ3) is 4.34. The summed E-state index contributed by atoms with van der Waals surface area (Å²) in [5, 5.41) is 5.91. The lowest BCUT2D eigenvalue weighted by Crippen LogP contribution is -2.39. The van der Waals surface area contributed by atoms with Gasteiger partial charge in [0.2, 0.25) is 5.91 Å². The average Bonchev–Trinajstić information content (AvgIpc) is 2.04. The smallest absolute Gasteiger partial charge is 0.224 e. The van der Waals surface area contributed by atoms with Gasteiger partial charge in [-0.15, -0.1) is 0 Å². The Kier molecular flexibility index (Phi) is 5.72. The van der Waals surface area contributed by atoms with Crippen LogP contribution in [0.2, 0.25) is 0 Å². The number of hydrogen-bond acceptors (Lipinski definition) is 2. The Morgan fingerprint density at radius 1 is 1.42 bits per heavy atom. The van der Waals surface area contributed by atoms with Gasteiger partial charge in [-0.2, -0.15) is 0 Å². The van der Waals surface area contributed by atoms with E-state index >= 15 is 0 Å². The molecule has 0 heterocycles. The summed E-state index contributed by atoms with van der Waals surface area (Å²) in [5.74, 6) is 0.197. The van der Waals surface area contributed by atoms with Gasteiger partial charge in [-0.3, -0.25) is 4.79 Å². The molecule has 0 saturated heterocycles. The van der Waals surface area contributed by atoms with Crippen molar-refractivity contribution in [3.63, 3.8) is 0 Å². The summed E-state index contributed by atoms with van der Waals surface area (Å²) in [5.41, 5.74) is 0. The summed E-state index contributed by atoms with van der Waals surface area (Å²) in [6, 6.07) is 0.289. The lowest BCUT2D eigenvalue weighted by molar-refractivity contribution is -0.124. The molecule has 0 spiro atoms. The van der Waals surface area contributed by atoms with E-state index in [9.17, 15) is 4.79 Å². The highest BCUT2D eigenvalue weighted by molar-refractivity contribution is 5.78. The summed E-state index contributed by atoms with van der Waals surface area (Å²) in [6.07, 6.45) is 0.984. The Hall–Kier alpha value is -0.570. The lowest BCUT2D eigenvalue weighted by atomic mass is 10.1. The van der Waals surface area contributed by atoms with Crippen LogP contribution in [0.15, 0.2) is 0 Å². The van der Waals surface area contributed by atoms with Gasteiger partial charge in [0.15, 0.2) is 0 Å². The molecule has 3 heteroatoms. The minimum absolute atomic E-state index is 0.0593. The maximum Gasteiger partial charge on any atom is 0.224 e. The maximum absolute atomic E-state index is 11.4. The van der Waals surface area contributed by atoms with E-state index in [0.717, 1.165) is 13.0 Å². The molecule has 72 valence electrons. The molecule has 0 bridgehead atoms. The highest BCUT2D eigenvalue weighted by Gasteiger charge is 2.12. The van der Waals surface area contributed by atoms with Crippen LogP contribution in [0.4, 0.5) is 0 Å². The molecule has 0 rings (SSSR count). The molecule has 0 aromatic rings. The Balaban J connectivity index is 3.70. The number of carbonyl (C=O) groups excluding carboxylic acids is 1. The SMILES string of the molecule is CCC(C)NC(=O)C(C)CNC. The number of amides is 1. The highest BCUT2D eigenvalue weighted by atomic mass is 16.1. The molecule has 2 atom stereocenters. The second-order valence-electron chi connectivity index (χ2n) is 3.28. The molecule has 0 aromatic heterocycles. The van der Waals surface area contributed by atoms with Crippen LogP contribution < -0.4 is 10.6 Å². The summed E-state index contributed by atoms with van der Waals surface area (Å²) >= 11 is 0. The third-order valence-electron chi connectivity index (χ3n) is 1.96. The third-order valence-corrected chi connectivity index (χ3v) is 1.96. The average molecular weight is 172 g/mol. The molecular formula is C9H20N2O. The fourth-order valence-electron chi connectivity index (χ4n) is 0.886. The van der Waals surface area contributed by atoms with E-state index in [1.165, 1.54) is 0 Å². The Morgan fingerprint density at radius 2 is 2.00 bits per heavy atom. The Bertz CT molecular complexity index is 136. The molecular weight excluding hydrogens is 152 g/mol. The van der Waals surface area contributed by atoms with Gasteiger partial charge in [0, 0.05) is 18.5 Å². The molecule has 3 nitrogen and oxygen atoms in total. The van der Waals surface area contributed by atoms with Crippen LogP contribution in [0.25, 0.3) is 0 Å². The van der Waals surface area contributed by atoms with Gasteiger partial charge in [-0.05, 0) is 20.4 Å². The van der Waals surface area contributed by atoms with Crippen molar-refractivity contribution in [2.45, 2.75) is 33.2 Å². The molecule has 0 aromatic carbocycles. The number of nitrogens with one attached hydrogen (secondary N) is 2. The number of rotatable bonds is 5. The zero-order valence-electron chi connectivity index (χ0n) is 8.48. The van der Waals surface area contributed by atoms with Crippen LogP contribution in [-0.4, -0.2) is 25.5 Å². The predicted molar refractivity (Wildman–Crippen MR) is 51.0 cm³/mol. The predicted octanol–water partition coefficient (Wildman–Crippen LogP) is 0.757. The van der Waals surface area contributed by atoms with Crippen molar-refractivity contribution in [2.75, 3.05) is 13.6 Å². The highest BCUT2D eigenvalue weighted by Crippen LogP contribution is 1.95. The van der Waals surface area contributed by atoms with Crippen molar-refractivity contribution in [1.82, 2.24) is 10.6 Å². The first-order chi connectivity index (χ1) is 5.61. The standard InChI is InChI=1S/C9H20N2O/c1-5-8(3)11-9(12)7(2)6-10-4/h7-8,10H,5-6H2,1-4H3,(H,11,12). The van der Waals surface area contributed by atoms with Crippen molar-refractivity contribution in [3.05, 3.63) is 0 Å². The van der Waals surface area contributed by atoms with Crippen LogP contribution >= 0.6 is 0 Å². The molecule has 0 fully saturated rings. The second kappa shape index (κ2) is 6.00. The first-order valence-corrected chi connectivity index (χ1v) is 4.56. The fourth-order valence-corrected chi connectivity index (χ4v) is 0.886. The van der Waals surface area contributed by atoms with Crippen LogP contribution in [-0.2, 0) is 4.79 Å². The van der Waals surface area contributed by atoms with E-state index in [4.69, 9.17) is 0 Å². The quantitative estimate of drug-likeness (QED) is 0.642. The summed E-state index contributed by atoms with van der Waals surface area (Å²) in [7, 11) is 1.85. The van der Waals surface area contributed by atoms with E-state index in [1.807, 2.05) is 20.9 Å². The first kappa shape index (κ1) is 11.4. The molecule has 0 aliphatic carbocycles. The van der Waals surface area contributed by atoms with Crippen molar-refractivity contribution in [3.8, 4) is 0 Å². The fraction of sp³-hybridized carbons (Fsp3) is 0.889. The van der Waals surface area contributed by atoms with E-state index in [0.29, 0.717) is 0 Å². The monoisotopic (exact) mass is 172 g/mol. The maximum atomic E-state index is 11.4. The lowest BCUT2D eigenvalue weighted by Gasteiger charge is -2.15. The van der Waals surface area contributed by atoms with Gasteiger partial charge >= 0.3 is 0 Å². The summed E-state index contributed by atoms with van der Waals surface area (Å²) in [6.45, 7) is 6.74. The van der Waals surface area contributed by atoms with Crippen LogP contribution in [0.1, 0.15) is 27.2 Å². The molecule has 2 N–H and O–H groups in total. The summed E-state index contributed by atoms with van der Waals surface area (Å²) < 4.78 is 0. The minimum atomic E-state index is 0.0593. The first-order valence-electron chi connectivity index (χ1n) is 4.56. The molecule has 2 unspecified atom stereocenters. The molecule has 1 amide bonds. The topological polar surface area (TPSA) is 41.1 Å². The largest absolute Gasteiger partial charge is 0.353 e. The number of hydrogen-bond donors (Lipinski definition) is 2. The van der Waals surface area contributed by atoms with E-state index in [2.05, 4.69) is 17.6 Å². The van der Waals surface area contributed by atoms with Gasteiger partial charge < -0.3 is 10.6 Å². The molecule has 0 radical (unpaired) electrons. The van der Waals surface area contributed by atoms with E-state index in [1.54, 1.807) is 0 Å². The van der Waals surface area contributed by atoms with Crippen molar-refractivity contribution < 1.29 is 4.79 Å². The molecule has 12 heavy (non-hydrogen) atoms. The van der Waals surface area contributed by atoms with Crippen molar-refractivity contribution in [1.29, 1.82) is 0 Å². The van der Waals surface area contributed by atoms with Gasteiger partial charge in [0.05, 0.1) is 0 Å². The van der Waals surface area contributed by atoms with Gasteiger partial charge in [-0.25, -0.2) is 0 Å². The van der Waals surface area contributed by atoms with E-state index < -0.39 is 0 Å². The Morgan fingerprint density at radius 3 is 2.42 bits per heavy atom. The molecule has 0 saturated carbocycles. The molecule has 0 aliphatic rings. The Labute approximate surface area is 74.9 Å². The van der Waals surface area contributed by atoms with E-state index in [-0.39, 0.29) is 17.9 Å². The van der Waals surface area contributed by atoms with Gasteiger partial charge in [0.1, 0.15) is 0 Å². The van der Waals surface area contributed by atoms with Crippen LogP contribution in [0, 0.1) is 5.92 Å². The summed E-state index contributed by atoms with van der Waals surface area (Å²) in [4.78, 5) is 11.4. The number of carbonyl (C=O) groups is 1. The second-order valence-corrected chi connectivity index (χ2v) is 3.28. The zero-order valence-corrected chi connectivity index (χ0v) is 8.48. The zero-order chi connectivity index (χ0) is 9.56. The van der Waals surface area contributed by atoms with Crippen molar-refractivity contribution in [2.24, 2.45) is 5.92 Å². The van der Waals surface area contributed by atoms with Crippen molar-refractivity contribution >= 4 is 5.91 Å². The van der Waals surface area contributed by atoms with Crippen LogP contribution in [0.3, 0.4) is 0 Å². The van der Waals surface area contributed by atoms with Gasteiger partial charge in [-0.1, -0.05) is 13.8 Å². The van der Waals surface area contributed by atoms with Gasteiger partial charge in [0.25, 0.3) is 0 Å². The minimum Gasteiger partial charge on any atom is -0.353 e. The van der Waals surface area contributed by atoms with Crippen LogP contribution in [0.5, 0.6) is 0 Å². The molecule has 0 aliphatic heterocycles. The normalized spacial score (nSPS) is 15.3.